The number of benzene rings is 12. The molecule has 0 heterocycles. The second kappa shape index (κ2) is 36.2. The van der Waals surface area contributed by atoms with E-state index in [0.717, 1.165) is 57.3 Å². The van der Waals surface area contributed by atoms with Crippen LogP contribution in [0.25, 0.3) is 0 Å². The Morgan fingerprint density at radius 2 is 0.366 bits per heavy atom. The van der Waals surface area contributed by atoms with Gasteiger partial charge in [0.05, 0.1) is 0 Å². The van der Waals surface area contributed by atoms with Gasteiger partial charge in [0.15, 0.2) is 69.0 Å². The van der Waals surface area contributed by atoms with E-state index in [1.54, 1.807) is 72.8 Å². The van der Waals surface area contributed by atoms with Crippen LogP contribution in [0.15, 0.2) is 218 Å². The highest BCUT2D eigenvalue weighted by Crippen LogP contribution is 2.44. The Balaban J connectivity index is 0.000000221. The van der Waals surface area contributed by atoms with Gasteiger partial charge in [0.1, 0.15) is 46.0 Å². The van der Waals surface area contributed by atoms with Crippen molar-refractivity contribution in [2.45, 2.75) is 115 Å². The minimum absolute atomic E-state index is 0.0122. The molecule has 0 aliphatic heterocycles. The zero-order valence-electron chi connectivity index (χ0n) is 61.4. The third-order valence-corrected chi connectivity index (χ3v) is 21.0. The summed E-state index contributed by atoms with van der Waals surface area (Å²) in [5, 5.41) is 203. The highest BCUT2D eigenvalue weighted by molar-refractivity contribution is 5.55. The largest absolute Gasteiger partial charge is 0.508 e. The van der Waals surface area contributed by atoms with Crippen molar-refractivity contribution in [2.24, 2.45) is 11.8 Å². The molecule has 20 nitrogen and oxygen atoms in total. The number of aryl methyl sites for hydroxylation is 10. The molecule has 12 aromatic rings. The van der Waals surface area contributed by atoms with E-state index >= 15 is 0 Å². The van der Waals surface area contributed by atoms with Gasteiger partial charge in [0.2, 0.25) is 0 Å². The molecule has 112 heavy (non-hydrogen) atoms. The number of aromatic hydroxyl groups is 20. The summed E-state index contributed by atoms with van der Waals surface area (Å²) in [6.07, 6.45) is 8.49. The van der Waals surface area contributed by atoms with Crippen LogP contribution in [-0.2, 0) is 89.9 Å². The molecule has 0 bridgehead atoms. The van der Waals surface area contributed by atoms with Crippen LogP contribution >= 0.6 is 0 Å². The summed E-state index contributed by atoms with van der Waals surface area (Å²) in [5.74, 6) is -4.67. The van der Waals surface area contributed by atoms with Crippen LogP contribution in [0.4, 0.5) is 0 Å². The van der Waals surface area contributed by atoms with Gasteiger partial charge in [0, 0.05) is 0 Å². The van der Waals surface area contributed by atoms with Crippen LogP contribution in [0.2, 0.25) is 0 Å². The lowest BCUT2D eigenvalue weighted by Gasteiger charge is -2.29. The first-order chi connectivity index (χ1) is 53.6. The molecule has 20 N–H and O–H groups in total. The van der Waals surface area contributed by atoms with Crippen LogP contribution in [0.1, 0.15) is 114 Å². The average molecular weight is 1520 g/mol. The Morgan fingerprint density at radius 1 is 0.170 bits per heavy atom. The molecule has 4 atom stereocenters. The predicted octanol–water partition coefficient (Wildman–Crippen LogP) is 16.3. The second-order valence-corrected chi connectivity index (χ2v) is 28.9. The van der Waals surface area contributed by atoms with E-state index in [4.69, 9.17) is 0 Å². The molecule has 0 aromatic heterocycles. The first-order valence-electron chi connectivity index (χ1n) is 37.0. The summed E-state index contributed by atoms with van der Waals surface area (Å²) in [6, 6.07) is 61.9. The van der Waals surface area contributed by atoms with Crippen molar-refractivity contribution in [3.05, 3.63) is 307 Å². The summed E-state index contributed by atoms with van der Waals surface area (Å²) >= 11 is 0. The maximum Gasteiger partial charge on any atom is 0.200 e. The van der Waals surface area contributed by atoms with Crippen LogP contribution in [0.5, 0.6) is 115 Å². The van der Waals surface area contributed by atoms with Gasteiger partial charge < -0.3 is 102 Å². The Labute approximate surface area is 647 Å². The van der Waals surface area contributed by atoms with Crippen molar-refractivity contribution in [2.75, 3.05) is 0 Å². The molecule has 0 radical (unpaired) electrons. The summed E-state index contributed by atoms with van der Waals surface area (Å²) in [6.45, 7) is 0. The first-order valence-corrected chi connectivity index (χ1v) is 37.0. The Hall–Kier alpha value is -13.4. The minimum Gasteiger partial charge on any atom is -0.508 e. The SMILES string of the molecule is Oc1ccc(CC[C@@H](Cc2ccc(CCc3cc(O)c(O)c(O)c3)c(O)c2)[C@H](Cc2ccc(CCc3cc(O)c(O)c(O)c3)c(O)c2)c2ccc(O)cc2)cc1.Oc1ccc(CC[C@H](Cc2ccc(CCc3cc(O)c(O)c(O)c3)c(O)c2)[C@@H](Cc2ccc(CCc3cc(O)c(O)c(O)c3)c(O)c2)c2ccc(O)cc2)cc1. The van der Waals surface area contributed by atoms with E-state index in [2.05, 4.69) is 0 Å². The molecule has 0 aliphatic rings. The van der Waals surface area contributed by atoms with Crippen molar-refractivity contribution < 1.29 is 102 Å². The van der Waals surface area contributed by atoms with Crippen LogP contribution < -0.4 is 0 Å². The first kappa shape index (κ1) is 79.7. The highest BCUT2D eigenvalue weighted by atomic mass is 16.3. The lowest BCUT2D eigenvalue weighted by Crippen LogP contribution is -2.19. The number of hydrogen-bond acceptors (Lipinski definition) is 20. The summed E-state index contributed by atoms with van der Waals surface area (Å²) in [4.78, 5) is 0. The number of phenols is 20. The molecule has 0 saturated heterocycles. The quantitative estimate of drug-likeness (QED) is 0.0186. The van der Waals surface area contributed by atoms with Gasteiger partial charge in [-0.1, -0.05) is 97.1 Å². The van der Waals surface area contributed by atoms with Crippen LogP contribution in [-0.4, -0.2) is 102 Å². The van der Waals surface area contributed by atoms with Gasteiger partial charge in [-0.15, -0.1) is 0 Å². The Kier molecular flexibility index (Phi) is 25.8. The third kappa shape index (κ3) is 21.1. The topological polar surface area (TPSA) is 405 Å². The van der Waals surface area contributed by atoms with Crippen molar-refractivity contribution in [1.82, 2.24) is 0 Å². The Bertz CT molecular complexity index is 4800. The molecule has 0 fully saturated rings. The molecule has 12 aromatic carbocycles. The van der Waals surface area contributed by atoms with E-state index in [-0.39, 0.29) is 69.7 Å². The van der Waals surface area contributed by atoms with E-state index in [1.165, 1.54) is 48.5 Å². The molecule has 0 amide bonds. The number of phenolic OH excluding ortho intramolecular Hbond substituents is 20. The molecule has 12 rings (SSSR count). The zero-order chi connectivity index (χ0) is 79.9. The summed E-state index contributed by atoms with van der Waals surface area (Å²) in [7, 11) is 0. The van der Waals surface area contributed by atoms with E-state index < -0.39 is 69.0 Å². The molecule has 20 heteroatoms. The van der Waals surface area contributed by atoms with Crippen LogP contribution in [0.3, 0.4) is 0 Å². The number of rotatable bonds is 30. The van der Waals surface area contributed by atoms with Crippen molar-refractivity contribution in [3.63, 3.8) is 0 Å². The normalized spacial score (nSPS) is 12.4. The zero-order valence-corrected chi connectivity index (χ0v) is 61.4. The minimum atomic E-state index is -0.577. The fourth-order valence-corrected chi connectivity index (χ4v) is 14.7. The standard InChI is InChI=1S/2C46H46O10/c2*47-36-15-6-27(7-16-36)1-12-35(19-28-2-8-33(39(49)21-28)10-4-30-23-41(51)45(55)42(52)24-30)38(32-13-17-37(48)18-14-32)20-29-3-9-34(40(50)22-29)11-5-31-25-43(53)46(56)44(54)26-31/h2*2-3,6-9,13-18,21-26,35,38,47-56H,1,4-5,10-12,19-20H2/t2*35-,38+/m10/s1. The van der Waals surface area contributed by atoms with Crippen molar-refractivity contribution in [1.29, 1.82) is 0 Å². The predicted molar refractivity (Wildman–Crippen MR) is 424 cm³/mol. The van der Waals surface area contributed by atoms with Crippen LogP contribution in [0, 0.1) is 11.8 Å². The molecule has 0 spiro atoms. The van der Waals surface area contributed by atoms with E-state index in [9.17, 15) is 102 Å². The molecule has 0 aliphatic carbocycles. The van der Waals surface area contributed by atoms with Crippen molar-refractivity contribution in [3.8, 4) is 115 Å². The summed E-state index contributed by atoms with van der Waals surface area (Å²) < 4.78 is 0. The second-order valence-electron chi connectivity index (χ2n) is 28.9. The molecule has 0 saturated carbocycles. The van der Waals surface area contributed by atoms with Gasteiger partial charge >= 0.3 is 0 Å². The Morgan fingerprint density at radius 3 is 0.589 bits per heavy atom. The fraction of sp³-hybridized carbons (Fsp3) is 0.217. The molecular formula is C92H92O20. The fourth-order valence-electron chi connectivity index (χ4n) is 14.7. The third-order valence-electron chi connectivity index (χ3n) is 21.0. The molecule has 0 unspecified atom stereocenters. The maximum absolute atomic E-state index is 11.1. The average Bonchev–Trinajstić information content (AvgIpc) is 0.804. The van der Waals surface area contributed by atoms with Gasteiger partial charge in [-0.25, -0.2) is 0 Å². The maximum atomic E-state index is 11.1. The van der Waals surface area contributed by atoms with Gasteiger partial charge in [-0.3, -0.25) is 0 Å². The van der Waals surface area contributed by atoms with Gasteiger partial charge in [-0.2, -0.15) is 0 Å². The van der Waals surface area contributed by atoms with Crippen molar-refractivity contribution >= 4 is 0 Å². The lowest BCUT2D eigenvalue weighted by atomic mass is 9.75. The summed E-state index contributed by atoms with van der Waals surface area (Å²) in [5.41, 5.74) is 12.8. The van der Waals surface area contributed by atoms with Gasteiger partial charge in [-0.05, 0) is 337 Å². The van der Waals surface area contributed by atoms with Gasteiger partial charge in [0.25, 0.3) is 0 Å². The van der Waals surface area contributed by atoms with E-state index in [1.807, 2.05) is 97.1 Å². The number of hydrogen-bond donors (Lipinski definition) is 20. The lowest BCUT2D eigenvalue weighted by molar-refractivity contribution is 0.367. The highest BCUT2D eigenvalue weighted by Gasteiger charge is 2.28. The molecular weight excluding hydrogens is 1420 g/mol. The molecule has 580 valence electrons. The van der Waals surface area contributed by atoms with E-state index in [0.29, 0.717) is 134 Å². The smallest absolute Gasteiger partial charge is 0.200 e. The monoisotopic (exact) mass is 1520 g/mol.